The maximum atomic E-state index is 12.8. The lowest BCUT2D eigenvalue weighted by Gasteiger charge is -2.17. The second kappa shape index (κ2) is 17.7. The van der Waals surface area contributed by atoms with Gasteiger partial charge in [-0.1, -0.05) is 127 Å². The van der Waals surface area contributed by atoms with Gasteiger partial charge in [0.25, 0.3) is 0 Å². The van der Waals surface area contributed by atoms with Crippen molar-refractivity contribution in [1.82, 2.24) is 0 Å². The van der Waals surface area contributed by atoms with Crippen LogP contribution in [-0.2, 0) is 4.74 Å². The number of methoxy groups -OCH3 is 1. The Morgan fingerprint density at radius 2 is 1.15 bits per heavy atom. The van der Waals surface area contributed by atoms with Crippen LogP contribution in [0, 0.1) is 0 Å². The first kappa shape index (κ1) is 31.6. The van der Waals surface area contributed by atoms with Crippen molar-refractivity contribution in [2.45, 2.75) is 110 Å². The van der Waals surface area contributed by atoms with E-state index in [0.717, 1.165) is 16.7 Å². The van der Waals surface area contributed by atoms with Crippen molar-refractivity contribution < 1.29 is 14.3 Å². The molecule has 3 aromatic carbocycles. The molecule has 0 fully saturated rings. The van der Waals surface area contributed by atoms with E-state index in [4.69, 9.17) is 9.47 Å². The molecule has 0 amide bonds. The van der Waals surface area contributed by atoms with E-state index in [1.165, 1.54) is 82.6 Å². The number of ether oxygens (including phenoxy) is 2. The fraction of sp³-hybridized carbons (Fsp3) is 0.486. The third kappa shape index (κ3) is 10.2. The molecule has 3 rings (SSSR count). The molecule has 0 aliphatic heterocycles. The molecule has 0 aliphatic carbocycles. The molecule has 0 spiro atoms. The molecular formula is C37H50O3. The van der Waals surface area contributed by atoms with Gasteiger partial charge in [0.1, 0.15) is 5.75 Å². The monoisotopic (exact) mass is 542 g/mol. The lowest BCUT2D eigenvalue weighted by molar-refractivity contribution is 0.0734. The molecule has 2 unspecified atom stereocenters. The second-order valence-corrected chi connectivity index (χ2v) is 11.1. The van der Waals surface area contributed by atoms with Crippen molar-refractivity contribution in [3.05, 3.63) is 89.5 Å². The van der Waals surface area contributed by atoms with Crippen LogP contribution in [0.1, 0.15) is 131 Å². The summed E-state index contributed by atoms with van der Waals surface area (Å²) in [6.45, 7) is 6.57. The molecule has 0 heterocycles. The smallest absolute Gasteiger partial charge is 0.343 e. The van der Waals surface area contributed by atoms with Gasteiger partial charge in [0, 0.05) is 7.11 Å². The average molecular weight is 543 g/mol. The van der Waals surface area contributed by atoms with Crippen molar-refractivity contribution in [3.63, 3.8) is 0 Å². The summed E-state index contributed by atoms with van der Waals surface area (Å²) in [5.41, 5.74) is 5.21. The molecule has 2 atom stereocenters. The van der Waals surface area contributed by atoms with Crippen LogP contribution in [0.5, 0.6) is 5.75 Å². The van der Waals surface area contributed by atoms with Crippen LogP contribution in [0.4, 0.5) is 0 Å². The van der Waals surface area contributed by atoms with Gasteiger partial charge in [-0.3, -0.25) is 0 Å². The second-order valence-electron chi connectivity index (χ2n) is 11.1. The minimum absolute atomic E-state index is 0.0671. The highest BCUT2D eigenvalue weighted by Crippen LogP contribution is 2.29. The minimum Gasteiger partial charge on any atom is -0.423 e. The largest absolute Gasteiger partial charge is 0.423 e. The van der Waals surface area contributed by atoms with Crippen LogP contribution in [-0.4, -0.2) is 13.1 Å². The van der Waals surface area contributed by atoms with Gasteiger partial charge in [0.2, 0.25) is 0 Å². The van der Waals surface area contributed by atoms with E-state index in [2.05, 4.69) is 50.2 Å². The maximum Gasteiger partial charge on any atom is 0.343 e. The summed E-state index contributed by atoms with van der Waals surface area (Å²) in [6, 6.07) is 24.1. The molecule has 40 heavy (non-hydrogen) atoms. The lowest BCUT2D eigenvalue weighted by Crippen LogP contribution is -2.08. The van der Waals surface area contributed by atoms with Crippen molar-refractivity contribution >= 4 is 5.97 Å². The molecule has 3 heteroatoms. The Bertz CT molecular complexity index is 1100. The summed E-state index contributed by atoms with van der Waals surface area (Å²) < 4.78 is 11.1. The summed E-state index contributed by atoms with van der Waals surface area (Å²) in [7, 11) is 1.72. The Morgan fingerprint density at radius 3 is 1.70 bits per heavy atom. The average Bonchev–Trinajstić information content (AvgIpc) is 3.00. The van der Waals surface area contributed by atoms with Crippen LogP contribution in [0.3, 0.4) is 0 Å². The van der Waals surface area contributed by atoms with Gasteiger partial charge < -0.3 is 9.47 Å². The summed E-state index contributed by atoms with van der Waals surface area (Å²) in [5, 5.41) is 0. The number of benzene rings is 3. The van der Waals surface area contributed by atoms with Gasteiger partial charge in [-0.15, -0.1) is 0 Å². The SMILES string of the molecule is CCCCCCCCCCCC(CCC)c1ccc(OC(=O)c2ccc(-c3ccc(C(C)OC)cc3)cc2)cc1. The van der Waals surface area contributed by atoms with Crippen LogP contribution in [0.15, 0.2) is 72.8 Å². The Hall–Kier alpha value is -2.91. The first-order valence-corrected chi connectivity index (χ1v) is 15.6. The van der Waals surface area contributed by atoms with E-state index in [1.807, 2.05) is 43.3 Å². The number of hydrogen-bond acceptors (Lipinski definition) is 3. The van der Waals surface area contributed by atoms with Gasteiger partial charge in [-0.25, -0.2) is 4.79 Å². The van der Waals surface area contributed by atoms with Crippen LogP contribution in [0.25, 0.3) is 11.1 Å². The Balaban J connectivity index is 1.48. The molecule has 0 radical (unpaired) electrons. The zero-order valence-corrected chi connectivity index (χ0v) is 25.3. The lowest BCUT2D eigenvalue weighted by atomic mass is 9.89. The third-order valence-corrected chi connectivity index (χ3v) is 8.04. The highest BCUT2D eigenvalue weighted by Gasteiger charge is 2.13. The fourth-order valence-corrected chi connectivity index (χ4v) is 5.38. The van der Waals surface area contributed by atoms with Gasteiger partial charge in [-0.05, 0) is 72.2 Å². The molecule has 3 aromatic rings. The van der Waals surface area contributed by atoms with E-state index < -0.39 is 0 Å². The van der Waals surface area contributed by atoms with Crippen molar-refractivity contribution in [1.29, 1.82) is 0 Å². The molecule has 0 saturated carbocycles. The van der Waals surface area contributed by atoms with Crippen molar-refractivity contribution in [2.75, 3.05) is 7.11 Å². The topological polar surface area (TPSA) is 35.5 Å². The number of carbonyl (C=O) groups is 1. The molecule has 0 saturated heterocycles. The molecule has 0 bridgehead atoms. The normalized spacial score (nSPS) is 12.7. The van der Waals surface area contributed by atoms with Gasteiger partial charge in [0.05, 0.1) is 11.7 Å². The summed E-state index contributed by atoms with van der Waals surface area (Å²) >= 11 is 0. The number of unbranched alkanes of at least 4 members (excludes halogenated alkanes) is 8. The number of rotatable bonds is 18. The van der Waals surface area contributed by atoms with E-state index in [-0.39, 0.29) is 12.1 Å². The Morgan fingerprint density at radius 1 is 0.625 bits per heavy atom. The maximum absolute atomic E-state index is 12.8. The number of carbonyl (C=O) groups excluding carboxylic acids is 1. The summed E-state index contributed by atoms with van der Waals surface area (Å²) in [4.78, 5) is 12.8. The van der Waals surface area contributed by atoms with Crippen LogP contribution < -0.4 is 4.74 Å². The molecule has 0 N–H and O–H groups in total. The predicted octanol–water partition coefficient (Wildman–Crippen LogP) is 11.1. The predicted molar refractivity (Wildman–Crippen MR) is 168 cm³/mol. The third-order valence-electron chi connectivity index (χ3n) is 8.04. The number of hydrogen-bond donors (Lipinski definition) is 0. The van der Waals surface area contributed by atoms with E-state index in [9.17, 15) is 4.79 Å². The first-order chi connectivity index (χ1) is 19.5. The van der Waals surface area contributed by atoms with Gasteiger partial charge in [-0.2, -0.15) is 0 Å². The Labute approximate surface area is 243 Å². The number of esters is 1. The van der Waals surface area contributed by atoms with Crippen molar-refractivity contribution in [2.24, 2.45) is 0 Å². The summed E-state index contributed by atoms with van der Waals surface area (Å²) in [6.07, 6.45) is 16.0. The van der Waals surface area contributed by atoms with E-state index in [1.54, 1.807) is 7.11 Å². The molecule has 3 nitrogen and oxygen atoms in total. The Kier molecular flexibility index (Phi) is 14.0. The quantitative estimate of drug-likeness (QED) is 0.0911. The fourth-order valence-electron chi connectivity index (χ4n) is 5.38. The first-order valence-electron chi connectivity index (χ1n) is 15.6. The highest BCUT2D eigenvalue weighted by molar-refractivity contribution is 5.91. The van der Waals surface area contributed by atoms with Gasteiger partial charge >= 0.3 is 5.97 Å². The standard InChI is InChI=1S/C37H50O3/c1-5-7-8-9-10-11-12-13-14-16-31(15-6-2)34-25-27-36(28-26-34)40-37(38)35-23-21-33(22-24-35)32-19-17-30(18-20-32)29(3)39-4/h17-29,31H,5-16H2,1-4H3. The van der Waals surface area contributed by atoms with E-state index in [0.29, 0.717) is 17.2 Å². The van der Waals surface area contributed by atoms with E-state index >= 15 is 0 Å². The van der Waals surface area contributed by atoms with Gasteiger partial charge in [0.15, 0.2) is 0 Å². The minimum atomic E-state index is -0.330. The van der Waals surface area contributed by atoms with Crippen LogP contribution >= 0.6 is 0 Å². The molecule has 0 aromatic heterocycles. The molecular weight excluding hydrogens is 492 g/mol. The highest BCUT2D eigenvalue weighted by atomic mass is 16.5. The van der Waals surface area contributed by atoms with Crippen LogP contribution in [0.2, 0.25) is 0 Å². The van der Waals surface area contributed by atoms with Crippen molar-refractivity contribution in [3.8, 4) is 16.9 Å². The molecule has 216 valence electrons. The summed E-state index contributed by atoms with van der Waals surface area (Å²) in [5.74, 6) is 0.848. The zero-order chi connectivity index (χ0) is 28.6. The zero-order valence-electron chi connectivity index (χ0n) is 25.3. The molecule has 0 aliphatic rings.